The summed E-state index contributed by atoms with van der Waals surface area (Å²) in [4.78, 5) is 17.3. The average Bonchev–Trinajstić information content (AvgIpc) is 3.19. The number of carbonyl (C=O) groups excluding carboxylic acids is 1. The van der Waals surface area contributed by atoms with Crippen LogP contribution in [0.4, 0.5) is 0 Å². The number of aromatic nitrogens is 1. The van der Waals surface area contributed by atoms with Crippen LogP contribution in [0.2, 0.25) is 0 Å². The molecule has 32 heavy (non-hydrogen) atoms. The van der Waals surface area contributed by atoms with Crippen LogP contribution in [0.15, 0.2) is 63.9 Å². The van der Waals surface area contributed by atoms with Gasteiger partial charge in [-0.3, -0.25) is 4.79 Å². The predicted molar refractivity (Wildman–Crippen MR) is 121 cm³/mol. The number of benzene rings is 2. The number of nitrogens with zero attached hydrogens (tertiary/aromatic N) is 2. The molecule has 0 atom stereocenters. The van der Waals surface area contributed by atoms with Crippen molar-refractivity contribution in [2.24, 2.45) is 0 Å². The number of hydrogen-bond acceptors (Lipinski definition) is 5. The van der Waals surface area contributed by atoms with Gasteiger partial charge in [-0.2, -0.15) is 4.31 Å². The lowest BCUT2D eigenvalue weighted by atomic mass is 10.2. The summed E-state index contributed by atoms with van der Waals surface area (Å²) in [7, 11) is -3.58. The maximum atomic E-state index is 13.1. The molecule has 0 bridgehead atoms. The maximum absolute atomic E-state index is 13.1. The van der Waals surface area contributed by atoms with Crippen molar-refractivity contribution in [1.82, 2.24) is 14.6 Å². The zero-order valence-electron chi connectivity index (χ0n) is 18.1. The van der Waals surface area contributed by atoms with Crippen molar-refractivity contribution in [3.8, 4) is 11.5 Å². The SMILES string of the molecule is Cc1oc(-c2ccccc2)nc1CC(=O)NCc1ccccc1S(=O)(=O)N1CCCCC1. The topological polar surface area (TPSA) is 92.5 Å². The van der Waals surface area contributed by atoms with Crippen LogP contribution in [0, 0.1) is 6.92 Å². The number of rotatable bonds is 7. The van der Waals surface area contributed by atoms with E-state index in [-0.39, 0.29) is 23.8 Å². The number of hydrogen-bond donors (Lipinski definition) is 1. The average molecular weight is 454 g/mol. The molecule has 3 aromatic rings. The summed E-state index contributed by atoms with van der Waals surface area (Å²) in [6.45, 7) is 2.99. The minimum Gasteiger partial charge on any atom is -0.441 e. The van der Waals surface area contributed by atoms with Crippen molar-refractivity contribution < 1.29 is 17.6 Å². The number of amides is 1. The first-order valence-electron chi connectivity index (χ1n) is 10.8. The van der Waals surface area contributed by atoms with Crippen molar-refractivity contribution in [2.45, 2.75) is 44.0 Å². The van der Waals surface area contributed by atoms with E-state index in [4.69, 9.17) is 4.42 Å². The van der Waals surface area contributed by atoms with E-state index in [0.29, 0.717) is 36.0 Å². The molecule has 1 saturated heterocycles. The lowest BCUT2D eigenvalue weighted by molar-refractivity contribution is -0.120. The van der Waals surface area contributed by atoms with Crippen LogP contribution in [-0.4, -0.2) is 36.7 Å². The Morgan fingerprint density at radius 3 is 2.47 bits per heavy atom. The Bertz CT molecular complexity index is 1180. The quantitative estimate of drug-likeness (QED) is 0.589. The van der Waals surface area contributed by atoms with Gasteiger partial charge in [0.25, 0.3) is 0 Å². The van der Waals surface area contributed by atoms with E-state index in [9.17, 15) is 13.2 Å². The molecule has 2 aromatic carbocycles. The van der Waals surface area contributed by atoms with E-state index in [2.05, 4.69) is 10.3 Å². The highest BCUT2D eigenvalue weighted by Gasteiger charge is 2.28. The molecule has 2 heterocycles. The standard InChI is InChI=1S/C24H27N3O4S/c1-18-21(26-24(31-18)19-10-4-2-5-11-19)16-23(28)25-17-20-12-6-7-13-22(20)32(29,30)27-14-8-3-9-15-27/h2,4-7,10-13H,3,8-9,14-17H2,1H3,(H,25,28). The highest BCUT2D eigenvalue weighted by atomic mass is 32.2. The van der Waals surface area contributed by atoms with Gasteiger partial charge in [0, 0.05) is 25.2 Å². The molecule has 1 fully saturated rings. The molecule has 0 spiro atoms. The third-order valence-electron chi connectivity index (χ3n) is 5.62. The third-order valence-corrected chi connectivity index (χ3v) is 7.62. The molecule has 0 saturated carbocycles. The van der Waals surface area contributed by atoms with Crippen molar-refractivity contribution in [2.75, 3.05) is 13.1 Å². The first-order valence-corrected chi connectivity index (χ1v) is 12.3. The van der Waals surface area contributed by atoms with Crippen LogP contribution in [-0.2, 0) is 27.8 Å². The van der Waals surface area contributed by atoms with Gasteiger partial charge in [0.1, 0.15) is 5.76 Å². The molecule has 0 aliphatic carbocycles. The minimum absolute atomic E-state index is 0.0587. The van der Waals surface area contributed by atoms with Gasteiger partial charge in [-0.25, -0.2) is 13.4 Å². The molecule has 7 nitrogen and oxygen atoms in total. The van der Waals surface area contributed by atoms with Crippen molar-refractivity contribution >= 4 is 15.9 Å². The zero-order valence-corrected chi connectivity index (χ0v) is 18.9. The Hall–Kier alpha value is -2.97. The van der Waals surface area contributed by atoms with E-state index in [1.54, 1.807) is 35.5 Å². The van der Waals surface area contributed by atoms with Crippen molar-refractivity contribution in [1.29, 1.82) is 0 Å². The number of piperidine rings is 1. The van der Waals surface area contributed by atoms with Gasteiger partial charge < -0.3 is 9.73 Å². The molecular weight excluding hydrogens is 426 g/mol. The van der Waals surface area contributed by atoms with Crippen LogP contribution in [0.1, 0.15) is 36.3 Å². The van der Waals surface area contributed by atoms with Gasteiger partial charge in [-0.15, -0.1) is 0 Å². The van der Waals surface area contributed by atoms with Crippen LogP contribution in [0.25, 0.3) is 11.5 Å². The molecule has 0 unspecified atom stereocenters. The van der Waals surface area contributed by atoms with Gasteiger partial charge in [0.05, 0.1) is 17.0 Å². The number of carbonyl (C=O) groups is 1. The van der Waals surface area contributed by atoms with Gasteiger partial charge in [0.15, 0.2) is 0 Å². The lowest BCUT2D eigenvalue weighted by Gasteiger charge is -2.26. The van der Waals surface area contributed by atoms with Gasteiger partial charge in [0.2, 0.25) is 21.8 Å². The number of aryl methyl sites for hydroxylation is 1. The molecule has 1 aromatic heterocycles. The fourth-order valence-corrected chi connectivity index (χ4v) is 5.59. The second kappa shape index (κ2) is 9.67. The van der Waals surface area contributed by atoms with Crippen LogP contribution >= 0.6 is 0 Å². The van der Waals surface area contributed by atoms with Gasteiger partial charge in [-0.05, 0) is 43.5 Å². The van der Waals surface area contributed by atoms with E-state index < -0.39 is 10.0 Å². The second-order valence-corrected chi connectivity index (χ2v) is 9.82. The van der Waals surface area contributed by atoms with E-state index in [1.165, 1.54) is 0 Å². The Morgan fingerprint density at radius 1 is 1.03 bits per heavy atom. The third kappa shape index (κ3) is 4.92. The molecule has 1 aliphatic rings. The molecule has 8 heteroatoms. The van der Waals surface area contributed by atoms with Crippen LogP contribution in [0.3, 0.4) is 0 Å². The summed E-state index contributed by atoms with van der Waals surface area (Å²) in [5.41, 5.74) is 1.99. The summed E-state index contributed by atoms with van der Waals surface area (Å²) in [6, 6.07) is 16.4. The summed E-state index contributed by atoms with van der Waals surface area (Å²) >= 11 is 0. The van der Waals surface area contributed by atoms with Crippen molar-refractivity contribution in [3.63, 3.8) is 0 Å². The smallest absolute Gasteiger partial charge is 0.243 e. The van der Waals surface area contributed by atoms with Crippen LogP contribution < -0.4 is 5.32 Å². The molecule has 168 valence electrons. The van der Waals surface area contributed by atoms with Gasteiger partial charge in [-0.1, -0.05) is 42.8 Å². The van der Waals surface area contributed by atoms with Crippen LogP contribution in [0.5, 0.6) is 0 Å². The van der Waals surface area contributed by atoms with E-state index >= 15 is 0 Å². The molecule has 0 radical (unpaired) electrons. The zero-order chi connectivity index (χ0) is 22.6. The van der Waals surface area contributed by atoms with E-state index in [1.807, 2.05) is 30.3 Å². The highest BCUT2D eigenvalue weighted by Crippen LogP contribution is 2.24. The Morgan fingerprint density at radius 2 is 1.72 bits per heavy atom. The van der Waals surface area contributed by atoms with Crippen molar-refractivity contribution in [3.05, 3.63) is 71.6 Å². The first kappa shape index (κ1) is 22.2. The summed E-state index contributed by atoms with van der Waals surface area (Å²) in [6.07, 6.45) is 2.86. The number of nitrogens with one attached hydrogen (secondary N) is 1. The monoisotopic (exact) mass is 453 g/mol. The van der Waals surface area contributed by atoms with E-state index in [0.717, 1.165) is 24.8 Å². The second-order valence-electron chi connectivity index (χ2n) is 7.91. The molecule has 1 aliphatic heterocycles. The summed E-state index contributed by atoms with van der Waals surface area (Å²) in [5.74, 6) is 0.821. The Labute approximate surface area is 188 Å². The lowest BCUT2D eigenvalue weighted by Crippen LogP contribution is -2.36. The fraction of sp³-hybridized carbons (Fsp3) is 0.333. The minimum atomic E-state index is -3.58. The first-order chi connectivity index (χ1) is 15.4. The fourth-order valence-electron chi connectivity index (χ4n) is 3.85. The molecular formula is C24H27N3O4S. The maximum Gasteiger partial charge on any atom is 0.243 e. The normalized spacial score (nSPS) is 14.9. The predicted octanol–water partition coefficient (Wildman–Crippen LogP) is 3.68. The molecule has 1 N–H and O–H groups in total. The largest absolute Gasteiger partial charge is 0.441 e. The highest BCUT2D eigenvalue weighted by molar-refractivity contribution is 7.89. The number of sulfonamides is 1. The summed E-state index contributed by atoms with van der Waals surface area (Å²) < 4.78 is 33.5. The Balaban J connectivity index is 1.44. The summed E-state index contributed by atoms with van der Waals surface area (Å²) in [5, 5.41) is 2.84. The Kier molecular flexibility index (Phi) is 6.72. The molecule has 4 rings (SSSR count). The van der Waals surface area contributed by atoms with Gasteiger partial charge >= 0.3 is 0 Å². The number of oxazole rings is 1. The molecule has 1 amide bonds.